The third kappa shape index (κ3) is 16.4. The van der Waals surface area contributed by atoms with Crippen LogP contribution in [0.25, 0.3) is 0 Å². The summed E-state index contributed by atoms with van der Waals surface area (Å²) >= 11 is 1.47. The van der Waals surface area contributed by atoms with Gasteiger partial charge in [-0.15, -0.1) is 11.3 Å². The van der Waals surface area contributed by atoms with Crippen LogP contribution in [0.5, 0.6) is 0 Å². The van der Waals surface area contributed by atoms with Crippen molar-refractivity contribution in [3.63, 3.8) is 0 Å². The van der Waals surface area contributed by atoms with E-state index in [4.69, 9.17) is 19.3 Å². The average Bonchev–Trinajstić information content (AvgIpc) is 3.17. The van der Waals surface area contributed by atoms with E-state index >= 15 is 0 Å². The first kappa shape index (κ1) is 32.0. The largest absolute Gasteiger partial charge is 0.396 e. The van der Waals surface area contributed by atoms with Gasteiger partial charge in [0.2, 0.25) is 0 Å². The Bertz CT molecular complexity index is 672. The zero-order valence-electron chi connectivity index (χ0n) is 19.4. The number of alkyl halides is 4. The van der Waals surface area contributed by atoms with Crippen molar-refractivity contribution in [3.8, 4) is 0 Å². The van der Waals surface area contributed by atoms with E-state index in [0.717, 1.165) is 10.6 Å². The lowest BCUT2D eigenvalue weighted by atomic mass is 10.3. The Morgan fingerprint density at radius 1 is 0.886 bits per heavy atom. The van der Waals surface area contributed by atoms with Gasteiger partial charge in [-0.3, -0.25) is 4.74 Å². The van der Waals surface area contributed by atoms with Crippen LogP contribution < -0.4 is 0 Å². The molecule has 0 radical (unpaired) electrons. The number of hydrogen-bond donors (Lipinski definition) is 3. The monoisotopic (exact) mass is 539 g/mol. The molecule has 1 heterocycles. The van der Waals surface area contributed by atoms with Crippen molar-refractivity contribution in [1.82, 2.24) is 4.98 Å². The summed E-state index contributed by atoms with van der Waals surface area (Å²) in [7, 11) is 0. The lowest BCUT2D eigenvalue weighted by Gasteiger charge is -2.24. The molecule has 0 aliphatic carbocycles. The highest BCUT2D eigenvalue weighted by atomic mass is 32.1. The molecule has 35 heavy (non-hydrogen) atoms. The molecule has 3 N–H and O–H groups in total. The van der Waals surface area contributed by atoms with Crippen molar-refractivity contribution >= 4 is 11.3 Å². The Hall–Kier alpha value is -1.01. The third-order valence-corrected chi connectivity index (χ3v) is 5.08. The summed E-state index contributed by atoms with van der Waals surface area (Å²) in [4.78, 5) is 5.12. The molecule has 1 rings (SSSR count). The SMILES string of the molecule is Cc1ncsc1CCOCC(O)COCC(F)(F)OC(F)(F)COCOCCOCC(O)CCO. The topological polar surface area (TPSA) is 129 Å². The van der Waals surface area contributed by atoms with Crippen LogP contribution >= 0.6 is 11.3 Å². The molecule has 0 spiro atoms. The number of aryl methyl sites for hydroxylation is 1. The van der Waals surface area contributed by atoms with Crippen LogP contribution in [0.2, 0.25) is 0 Å². The highest BCUT2D eigenvalue weighted by Crippen LogP contribution is 2.27. The van der Waals surface area contributed by atoms with E-state index in [2.05, 4.69) is 19.2 Å². The van der Waals surface area contributed by atoms with Crippen LogP contribution in [0, 0.1) is 6.92 Å². The van der Waals surface area contributed by atoms with Crippen molar-refractivity contribution in [2.24, 2.45) is 0 Å². The summed E-state index contributed by atoms with van der Waals surface area (Å²) in [5.74, 6) is 0. The number of aliphatic hydroxyl groups is 3. The molecule has 2 unspecified atom stereocenters. The van der Waals surface area contributed by atoms with Crippen molar-refractivity contribution in [3.05, 3.63) is 16.1 Å². The molecule has 0 saturated heterocycles. The normalized spacial score (nSPS) is 14.4. The fourth-order valence-corrected chi connectivity index (χ4v) is 3.20. The highest BCUT2D eigenvalue weighted by Gasteiger charge is 2.44. The maximum Gasteiger partial charge on any atom is 0.383 e. The molecular weight excluding hydrogens is 506 g/mol. The first-order chi connectivity index (χ1) is 16.5. The van der Waals surface area contributed by atoms with Gasteiger partial charge in [0.15, 0.2) is 0 Å². The molecule has 1 aromatic rings. The molecule has 0 aliphatic rings. The molecule has 0 aromatic carbocycles. The molecule has 2 atom stereocenters. The second-order valence-corrected chi connectivity index (χ2v) is 8.29. The Morgan fingerprint density at radius 3 is 2.14 bits per heavy atom. The van der Waals surface area contributed by atoms with Crippen LogP contribution in [-0.4, -0.2) is 111 Å². The van der Waals surface area contributed by atoms with Gasteiger partial charge in [-0.1, -0.05) is 0 Å². The van der Waals surface area contributed by atoms with E-state index in [-0.39, 0.29) is 46.1 Å². The van der Waals surface area contributed by atoms with Crippen LogP contribution in [0.3, 0.4) is 0 Å². The fraction of sp³-hybridized carbons (Fsp3) is 0.850. The number of aliphatic hydroxyl groups excluding tert-OH is 3. The predicted molar refractivity (Wildman–Crippen MR) is 114 cm³/mol. The minimum Gasteiger partial charge on any atom is -0.396 e. The van der Waals surface area contributed by atoms with Crippen LogP contribution in [-0.2, 0) is 34.8 Å². The van der Waals surface area contributed by atoms with Crippen molar-refractivity contribution in [2.75, 3.05) is 66.3 Å². The number of ether oxygens (including phenoxy) is 6. The Labute approximate surface area is 204 Å². The fourth-order valence-electron chi connectivity index (χ4n) is 2.44. The Kier molecular flexibility index (Phi) is 16.0. The molecule has 0 aliphatic heterocycles. The molecular formula is C20H33F4NO9S. The summed E-state index contributed by atoms with van der Waals surface area (Å²) in [5, 5.41) is 27.6. The van der Waals surface area contributed by atoms with E-state index in [9.17, 15) is 27.8 Å². The number of hydrogen-bond acceptors (Lipinski definition) is 11. The van der Waals surface area contributed by atoms with Gasteiger partial charge in [0.1, 0.15) is 26.1 Å². The van der Waals surface area contributed by atoms with E-state index in [1.807, 2.05) is 6.92 Å². The number of nitrogens with zero attached hydrogens (tertiary/aromatic N) is 1. The van der Waals surface area contributed by atoms with Gasteiger partial charge in [-0.05, 0) is 13.3 Å². The zero-order valence-corrected chi connectivity index (χ0v) is 20.2. The van der Waals surface area contributed by atoms with Gasteiger partial charge in [-0.2, -0.15) is 17.6 Å². The van der Waals surface area contributed by atoms with Gasteiger partial charge in [0.05, 0.1) is 56.9 Å². The molecule has 1 aromatic heterocycles. The van der Waals surface area contributed by atoms with Crippen molar-refractivity contribution in [1.29, 1.82) is 0 Å². The maximum atomic E-state index is 13.6. The molecule has 10 nitrogen and oxygen atoms in total. The van der Waals surface area contributed by atoms with Crippen molar-refractivity contribution in [2.45, 2.75) is 44.2 Å². The smallest absolute Gasteiger partial charge is 0.383 e. The number of aromatic nitrogens is 1. The van der Waals surface area contributed by atoms with Gasteiger partial charge >= 0.3 is 12.2 Å². The summed E-state index contributed by atoms with van der Waals surface area (Å²) in [6.45, 7) is -2.48. The lowest BCUT2D eigenvalue weighted by Crippen LogP contribution is -2.40. The summed E-state index contributed by atoms with van der Waals surface area (Å²) in [6, 6.07) is 0. The minimum absolute atomic E-state index is 0.0246. The molecule has 15 heteroatoms. The van der Waals surface area contributed by atoms with E-state index < -0.39 is 51.0 Å². The second-order valence-electron chi connectivity index (χ2n) is 7.35. The van der Waals surface area contributed by atoms with E-state index in [1.165, 1.54) is 11.3 Å². The molecule has 206 valence electrons. The van der Waals surface area contributed by atoms with E-state index in [1.54, 1.807) is 5.51 Å². The predicted octanol–water partition coefficient (Wildman–Crippen LogP) is 1.34. The van der Waals surface area contributed by atoms with E-state index in [0.29, 0.717) is 6.42 Å². The molecule has 0 bridgehead atoms. The third-order valence-electron chi connectivity index (χ3n) is 4.09. The standard InChI is InChI=1S/C20H33F4NO9S/c1-15-18(35-13-25-15)3-5-29-9-17(28)10-32-11-19(21,22)34-20(23,24)12-33-14-31-7-6-30-8-16(27)2-4-26/h13,16-17,26-28H,2-12,14H2,1H3. The minimum atomic E-state index is -4.33. The Balaban J connectivity index is 2.09. The summed E-state index contributed by atoms with van der Waals surface area (Å²) in [6.07, 6.45) is -9.98. The van der Waals surface area contributed by atoms with Gasteiger partial charge < -0.3 is 39.0 Å². The van der Waals surface area contributed by atoms with Gasteiger partial charge in [0, 0.05) is 17.9 Å². The quantitative estimate of drug-likeness (QED) is 0.113. The lowest BCUT2D eigenvalue weighted by molar-refractivity contribution is -0.396. The first-order valence-corrected chi connectivity index (χ1v) is 11.6. The highest BCUT2D eigenvalue weighted by molar-refractivity contribution is 7.09. The maximum absolute atomic E-state index is 13.6. The first-order valence-electron chi connectivity index (χ1n) is 10.7. The van der Waals surface area contributed by atoms with Crippen LogP contribution in [0.15, 0.2) is 5.51 Å². The van der Waals surface area contributed by atoms with Crippen LogP contribution in [0.4, 0.5) is 17.6 Å². The number of thiazole rings is 1. The van der Waals surface area contributed by atoms with Gasteiger partial charge in [0.25, 0.3) is 0 Å². The van der Waals surface area contributed by atoms with Gasteiger partial charge in [-0.25, -0.2) is 4.98 Å². The number of rotatable bonds is 22. The molecule has 0 fully saturated rings. The number of halogens is 4. The molecule has 0 saturated carbocycles. The second kappa shape index (κ2) is 17.4. The van der Waals surface area contributed by atoms with Crippen molar-refractivity contribution < 1.29 is 61.3 Å². The van der Waals surface area contributed by atoms with Crippen LogP contribution in [0.1, 0.15) is 17.0 Å². The zero-order chi connectivity index (χ0) is 26.2. The molecule has 0 amide bonds. The summed E-state index contributed by atoms with van der Waals surface area (Å²) in [5.41, 5.74) is 2.59. The Morgan fingerprint density at radius 2 is 1.49 bits per heavy atom. The average molecular weight is 540 g/mol. The summed E-state index contributed by atoms with van der Waals surface area (Å²) < 4.78 is 82.0.